The third-order valence-electron chi connectivity index (χ3n) is 2.60. The Kier molecular flexibility index (Phi) is 5.64. The first-order valence-electron chi connectivity index (χ1n) is 5.95. The van der Waals surface area contributed by atoms with Gasteiger partial charge in [0.05, 0.1) is 19.2 Å². The lowest BCUT2D eigenvalue weighted by Gasteiger charge is -2.19. The van der Waals surface area contributed by atoms with E-state index in [0.29, 0.717) is 25.6 Å². The summed E-state index contributed by atoms with van der Waals surface area (Å²) in [6, 6.07) is 2.50. The van der Waals surface area contributed by atoms with Crippen molar-refractivity contribution in [2.24, 2.45) is 0 Å². The molecule has 0 amide bonds. The number of ketones is 1. The Labute approximate surface area is 101 Å². The number of hydrogen-bond donors (Lipinski definition) is 0. The first kappa shape index (κ1) is 13.7. The molecule has 5 heteroatoms. The van der Waals surface area contributed by atoms with E-state index in [1.54, 1.807) is 6.92 Å². The van der Waals surface area contributed by atoms with E-state index in [0.717, 1.165) is 12.8 Å². The van der Waals surface area contributed by atoms with Crippen LogP contribution in [0.2, 0.25) is 0 Å². The van der Waals surface area contributed by atoms with Crippen LogP contribution in [0.25, 0.3) is 0 Å². The molecule has 0 saturated heterocycles. The van der Waals surface area contributed by atoms with Gasteiger partial charge in [-0.3, -0.25) is 14.5 Å². The summed E-state index contributed by atoms with van der Waals surface area (Å²) in [5, 5.41) is 8.53. The zero-order chi connectivity index (χ0) is 12.7. The average Bonchev–Trinajstić information content (AvgIpc) is 3.08. The molecular weight excluding hydrogens is 220 g/mol. The van der Waals surface area contributed by atoms with Crippen LogP contribution in [-0.4, -0.2) is 42.4 Å². The number of nitriles is 1. The summed E-state index contributed by atoms with van der Waals surface area (Å²) in [4.78, 5) is 24.7. The molecule has 1 rings (SSSR count). The van der Waals surface area contributed by atoms with Crippen molar-refractivity contribution < 1.29 is 14.3 Å². The quantitative estimate of drug-likeness (QED) is 0.464. The van der Waals surface area contributed by atoms with Crippen LogP contribution in [0.4, 0.5) is 0 Å². The third-order valence-corrected chi connectivity index (χ3v) is 2.60. The fourth-order valence-corrected chi connectivity index (χ4v) is 1.68. The van der Waals surface area contributed by atoms with Crippen LogP contribution in [0.1, 0.15) is 32.6 Å². The second kappa shape index (κ2) is 7.02. The first-order chi connectivity index (χ1) is 8.17. The van der Waals surface area contributed by atoms with Crippen LogP contribution in [-0.2, 0) is 14.3 Å². The van der Waals surface area contributed by atoms with Crippen LogP contribution in [0, 0.1) is 11.3 Å². The molecular formula is C12H18N2O3. The summed E-state index contributed by atoms with van der Waals surface area (Å²) in [6.07, 6.45) is 2.42. The normalized spacial score (nSPS) is 14.4. The molecule has 0 heterocycles. The summed E-state index contributed by atoms with van der Waals surface area (Å²) < 4.78 is 4.72. The van der Waals surface area contributed by atoms with Crippen molar-refractivity contribution in [1.82, 2.24) is 4.90 Å². The van der Waals surface area contributed by atoms with Gasteiger partial charge in [-0.1, -0.05) is 0 Å². The van der Waals surface area contributed by atoms with E-state index in [4.69, 9.17) is 10.00 Å². The summed E-state index contributed by atoms with van der Waals surface area (Å²) in [5.74, 6) is -0.596. The zero-order valence-corrected chi connectivity index (χ0v) is 10.1. The Hall–Kier alpha value is -1.41. The number of carbonyl (C=O) groups excluding carboxylic acids is 2. The van der Waals surface area contributed by atoms with Gasteiger partial charge in [-0.15, -0.1) is 0 Å². The number of hydrogen-bond acceptors (Lipinski definition) is 5. The topological polar surface area (TPSA) is 70.4 Å². The van der Waals surface area contributed by atoms with Gasteiger partial charge in [0.25, 0.3) is 0 Å². The molecule has 0 unspecified atom stereocenters. The predicted octanol–water partition coefficient (Wildman–Crippen LogP) is 0.887. The molecule has 1 aliphatic carbocycles. The Morgan fingerprint density at radius 1 is 1.47 bits per heavy atom. The standard InChI is InChI=1S/C12H18N2O3/c1-2-17-12(16)8-11(15)9-14(7-3-6-13)10-4-5-10/h10H,2-5,7-9H2,1H3. The molecule has 94 valence electrons. The Bertz CT molecular complexity index is 318. The lowest BCUT2D eigenvalue weighted by molar-refractivity contribution is -0.145. The molecule has 1 saturated carbocycles. The van der Waals surface area contributed by atoms with Crippen LogP contribution < -0.4 is 0 Å². The number of rotatable bonds is 8. The van der Waals surface area contributed by atoms with Crippen LogP contribution in [0.5, 0.6) is 0 Å². The molecule has 0 aromatic carbocycles. The summed E-state index contributed by atoms with van der Waals surface area (Å²) in [5.41, 5.74) is 0. The third kappa shape index (κ3) is 5.45. The molecule has 5 nitrogen and oxygen atoms in total. The SMILES string of the molecule is CCOC(=O)CC(=O)CN(CCC#N)C1CC1. The zero-order valence-electron chi connectivity index (χ0n) is 10.1. The monoisotopic (exact) mass is 238 g/mol. The number of carbonyl (C=O) groups is 2. The number of nitrogens with zero attached hydrogens (tertiary/aromatic N) is 2. The van der Waals surface area contributed by atoms with Gasteiger partial charge >= 0.3 is 5.97 Å². The summed E-state index contributed by atoms with van der Waals surface area (Å²) in [6.45, 7) is 2.87. The van der Waals surface area contributed by atoms with Crippen LogP contribution in [0.15, 0.2) is 0 Å². The molecule has 0 aromatic heterocycles. The fourth-order valence-electron chi connectivity index (χ4n) is 1.68. The Morgan fingerprint density at radius 3 is 2.71 bits per heavy atom. The van der Waals surface area contributed by atoms with Crippen molar-refractivity contribution in [1.29, 1.82) is 5.26 Å². The fraction of sp³-hybridized carbons (Fsp3) is 0.750. The Balaban J connectivity index is 2.31. The van der Waals surface area contributed by atoms with Gasteiger partial charge in [0.2, 0.25) is 0 Å². The second-order valence-electron chi connectivity index (χ2n) is 4.13. The molecule has 17 heavy (non-hydrogen) atoms. The summed E-state index contributed by atoms with van der Waals surface area (Å²) in [7, 11) is 0. The molecule has 0 atom stereocenters. The van der Waals surface area contributed by atoms with Gasteiger partial charge in [-0.05, 0) is 19.8 Å². The molecule has 0 N–H and O–H groups in total. The molecule has 0 spiro atoms. The molecule has 0 bridgehead atoms. The van der Waals surface area contributed by atoms with Gasteiger partial charge in [0, 0.05) is 19.0 Å². The lowest BCUT2D eigenvalue weighted by Crippen LogP contribution is -2.33. The predicted molar refractivity (Wildman–Crippen MR) is 61.1 cm³/mol. The maximum absolute atomic E-state index is 11.6. The van der Waals surface area contributed by atoms with Crippen molar-refractivity contribution in [3.63, 3.8) is 0 Å². The minimum atomic E-state index is -0.464. The maximum Gasteiger partial charge on any atom is 0.313 e. The van der Waals surface area contributed by atoms with Gasteiger partial charge < -0.3 is 4.74 Å². The van der Waals surface area contributed by atoms with Crippen molar-refractivity contribution in [2.45, 2.75) is 38.6 Å². The minimum absolute atomic E-state index is 0.131. The van der Waals surface area contributed by atoms with Gasteiger partial charge in [-0.2, -0.15) is 5.26 Å². The van der Waals surface area contributed by atoms with E-state index >= 15 is 0 Å². The van der Waals surface area contributed by atoms with E-state index < -0.39 is 5.97 Å². The van der Waals surface area contributed by atoms with Gasteiger partial charge in [0.15, 0.2) is 5.78 Å². The molecule has 1 aliphatic rings. The van der Waals surface area contributed by atoms with Crippen molar-refractivity contribution in [3.05, 3.63) is 0 Å². The van der Waals surface area contributed by atoms with E-state index in [1.165, 1.54) is 0 Å². The van der Waals surface area contributed by atoms with Crippen molar-refractivity contribution >= 4 is 11.8 Å². The van der Waals surface area contributed by atoms with Gasteiger partial charge in [-0.25, -0.2) is 0 Å². The first-order valence-corrected chi connectivity index (χ1v) is 5.95. The molecule has 0 radical (unpaired) electrons. The summed E-state index contributed by atoms with van der Waals surface area (Å²) >= 11 is 0. The van der Waals surface area contributed by atoms with Crippen LogP contribution in [0.3, 0.4) is 0 Å². The highest BCUT2D eigenvalue weighted by Crippen LogP contribution is 2.26. The second-order valence-corrected chi connectivity index (χ2v) is 4.13. The highest BCUT2D eigenvalue weighted by atomic mass is 16.5. The Morgan fingerprint density at radius 2 is 2.18 bits per heavy atom. The highest BCUT2D eigenvalue weighted by molar-refractivity contribution is 5.96. The van der Waals surface area contributed by atoms with E-state index in [1.807, 2.05) is 4.90 Å². The van der Waals surface area contributed by atoms with E-state index in [9.17, 15) is 9.59 Å². The molecule has 1 fully saturated rings. The van der Waals surface area contributed by atoms with Gasteiger partial charge in [0.1, 0.15) is 6.42 Å². The van der Waals surface area contributed by atoms with E-state index in [2.05, 4.69) is 6.07 Å². The molecule has 0 aromatic rings. The maximum atomic E-state index is 11.6. The van der Waals surface area contributed by atoms with Crippen molar-refractivity contribution in [2.75, 3.05) is 19.7 Å². The largest absolute Gasteiger partial charge is 0.466 e. The number of Topliss-reactive ketones (excluding diaryl/α,β-unsaturated/α-hetero) is 1. The average molecular weight is 238 g/mol. The number of ether oxygens (including phenoxy) is 1. The van der Waals surface area contributed by atoms with Crippen molar-refractivity contribution in [3.8, 4) is 6.07 Å². The van der Waals surface area contributed by atoms with Crippen LogP contribution >= 0.6 is 0 Å². The lowest BCUT2D eigenvalue weighted by atomic mass is 10.2. The van der Waals surface area contributed by atoms with E-state index in [-0.39, 0.29) is 18.7 Å². The highest BCUT2D eigenvalue weighted by Gasteiger charge is 2.30. The minimum Gasteiger partial charge on any atom is -0.466 e. The number of esters is 1. The smallest absolute Gasteiger partial charge is 0.313 e. The molecule has 0 aliphatic heterocycles.